The summed E-state index contributed by atoms with van der Waals surface area (Å²) in [5.74, 6) is -0.575. The second kappa shape index (κ2) is 6.27. The number of amides is 1. The van der Waals surface area contributed by atoms with E-state index in [0.29, 0.717) is 0 Å². The predicted octanol–water partition coefficient (Wildman–Crippen LogP) is -0.0194. The van der Waals surface area contributed by atoms with Gasteiger partial charge in [-0.05, 0) is 6.07 Å². The van der Waals surface area contributed by atoms with E-state index in [1.165, 1.54) is 47.8 Å². The van der Waals surface area contributed by atoms with E-state index in [9.17, 15) is 24.5 Å². The summed E-state index contributed by atoms with van der Waals surface area (Å²) in [7, 11) is 2.80. The van der Waals surface area contributed by atoms with Crippen LogP contribution in [0.5, 0.6) is 0 Å². The van der Waals surface area contributed by atoms with Crippen molar-refractivity contribution >= 4 is 28.4 Å². The number of imidazole rings is 1. The maximum Gasteiger partial charge on any atom is 0.332 e. The minimum absolute atomic E-state index is 0.0484. The quantitative estimate of drug-likeness (QED) is 0.514. The van der Waals surface area contributed by atoms with Crippen LogP contribution in [0.15, 0.2) is 40.2 Å². The molecular formula is C15H14N6O5. The van der Waals surface area contributed by atoms with Gasteiger partial charge in [-0.2, -0.15) is 0 Å². The molecule has 3 rings (SSSR count). The van der Waals surface area contributed by atoms with Gasteiger partial charge < -0.3 is 9.88 Å². The van der Waals surface area contributed by atoms with Gasteiger partial charge in [-0.15, -0.1) is 0 Å². The van der Waals surface area contributed by atoms with Gasteiger partial charge >= 0.3 is 5.69 Å². The summed E-state index contributed by atoms with van der Waals surface area (Å²) in [6.45, 7) is -0.296. The topological polar surface area (TPSA) is 134 Å². The molecule has 0 radical (unpaired) electrons. The highest BCUT2D eigenvalue weighted by Gasteiger charge is 2.18. The van der Waals surface area contributed by atoms with Crippen LogP contribution in [0.25, 0.3) is 11.2 Å². The summed E-state index contributed by atoms with van der Waals surface area (Å²) >= 11 is 0. The second-order valence-electron chi connectivity index (χ2n) is 5.57. The molecule has 0 fully saturated rings. The van der Waals surface area contributed by atoms with Crippen molar-refractivity contribution in [1.82, 2.24) is 18.7 Å². The molecule has 3 aromatic rings. The molecule has 11 nitrogen and oxygen atoms in total. The Balaban J connectivity index is 1.96. The standard InChI is InChI=1S/C15H14N6O5/c1-18-13-12(14(23)19(2)15(18)24)20(8-16-13)7-11(22)17-9-5-3-4-6-10(9)21(25)26/h3-6,8H,7H2,1-2H3,(H,17,22). The molecule has 0 atom stereocenters. The Morgan fingerprint density at radius 3 is 2.62 bits per heavy atom. The lowest BCUT2D eigenvalue weighted by molar-refractivity contribution is -0.383. The number of carbonyl (C=O) groups is 1. The minimum atomic E-state index is -0.603. The number of nitrogens with zero attached hydrogens (tertiary/aromatic N) is 5. The number of carbonyl (C=O) groups excluding carboxylic acids is 1. The van der Waals surface area contributed by atoms with Gasteiger partial charge in [0.25, 0.3) is 11.2 Å². The van der Waals surface area contributed by atoms with Crippen LogP contribution < -0.4 is 16.6 Å². The normalized spacial score (nSPS) is 10.8. The molecule has 1 N–H and O–H groups in total. The maximum absolute atomic E-state index is 12.3. The average Bonchev–Trinajstić information content (AvgIpc) is 3.02. The molecule has 0 saturated carbocycles. The third kappa shape index (κ3) is 2.75. The number of fused-ring (bicyclic) bond motifs is 1. The smallest absolute Gasteiger partial charge is 0.319 e. The first-order chi connectivity index (χ1) is 12.3. The lowest BCUT2D eigenvalue weighted by Crippen LogP contribution is -2.37. The van der Waals surface area contributed by atoms with Crippen LogP contribution in [0, 0.1) is 10.1 Å². The van der Waals surface area contributed by atoms with Crippen LogP contribution in [0.4, 0.5) is 11.4 Å². The van der Waals surface area contributed by atoms with Gasteiger partial charge in [-0.3, -0.25) is 28.8 Å². The number of hydrogen-bond acceptors (Lipinski definition) is 6. The van der Waals surface area contributed by atoms with Crippen molar-refractivity contribution in [3.63, 3.8) is 0 Å². The zero-order chi connectivity index (χ0) is 19.0. The molecule has 2 heterocycles. The number of hydrogen-bond donors (Lipinski definition) is 1. The van der Waals surface area contributed by atoms with Crippen molar-refractivity contribution in [3.05, 3.63) is 61.5 Å². The molecule has 0 aliphatic heterocycles. The van der Waals surface area contributed by atoms with E-state index in [-0.39, 0.29) is 29.1 Å². The zero-order valence-corrected chi connectivity index (χ0v) is 13.9. The largest absolute Gasteiger partial charge is 0.332 e. The molecule has 0 spiro atoms. The highest BCUT2D eigenvalue weighted by Crippen LogP contribution is 2.23. The summed E-state index contributed by atoms with van der Waals surface area (Å²) in [6, 6.07) is 5.72. The van der Waals surface area contributed by atoms with Crippen LogP contribution in [-0.2, 0) is 25.4 Å². The van der Waals surface area contributed by atoms with Gasteiger partial charge in [0, 0.05) is 20.2 Å². The van der Waals surface area contributed by atoms with Crippen molar-refractivity contribution < 1.29 is 9.72 Å². The van der Waals surface area contributed by atoms with Crippen molar-refractivity contribution in [2.24, 2.45) is 14.1 Å². The number of benzene rings is 1. The fourth-order valence-electron chi connectivity index (χ4n) is 2.60. The Hall–Kier alpha value is -3.76. The van der Waals surface area contributed by atoms with E-state index in [0.717, 1.165) is 4.57 Å². The number of nitro groups is 1. The number of aryl methyl sites for hydroxylation is 1. The lowest BCUT2D eigenvalue weighted by Gasteiger charge is -2.08. The number of nitrogens with one attached hydrogen (secondary N) is 1. The molecule has 0 saturated heterocycles. The first-order valence-corrected chi connectivity index (χ1v) is 7.45. The van der Waals surface area contributed by atoms with Gasteiger partial charge in [0.15, 0.2) is 11.2 Å². The SMILES string of the molecule is Cn1c(=O)c2c(ncn2CC(=O)Nc2ccccc2[N+](=O)[O-])n(C)c1=O. The Morgan fingerprint density at radius 1 is 1.23 bits per heavy atom. The molecule has 1 amide bonds. The summed E-state index contributed by atoms with van der Waals surface area (Å²) in [4.78, 5) is 50.9. The Kier molecular flexibility index (Phi) is 4.12. The van der Waals surface area contributed by atoms with Gasteiger partial charge in [0.1, 0.15) is 12.2 Å². The van der Waals surface area contributed by atoms with Crippen molar-refractivity contribution in [2.45, 2.75) is 6.54 Å². The molecule has 134 valence electrons. The van der Waals surface area contributed by atoms with E-state index in [1.807, 2.05) is 0 Å². The van der Waals surface area contributed by atoms with Crippen LogP contribution in [0.2, 0.25) is 0 Å². The first-order valence-electron chi connectivity index (χ1n) is 7.45. The third-order valence-corrected chi connectivity index (χ3v) is 3.91. The number of para-hydroxylation sites is 2. The molecule has 0 unspecified atom stereocenters. The maximum atomic E-state index is 12.3. The van der Waals surface area contributed by atoms with Crippen LogP contribution in [0.1, 0.15) is 0 Å². The fourth-order valence-corrected chi connectivity index (χ4v) is 2.60. The fraction of sp³-hybridized carbons (Fsp3) is 0.200. The summed E-state index contributed by atoms with van der Waals surface area (Å²) < 4.78 is 3.41. The molecule has 0 aliphatic carbocycles. The van der Waals surface area contributed by atoms with Gasteiger partial charge in [-0.25, -0.2) is 9.78 Å². The summed E-state index contributed by atoms with van der Waals surface area (Å²) in [5, 5.41) is 13.5. The monoisotopic (exact) mass is 358 g/mol. The van der Waals surface area contributed by atoms with Crippen molar-refractivity contribution in [3.8, 4) is 0 Å². The highest BCUT2D eigenvalue weighted by atomic mass is 16.6. The Morgan fingerprint density at radius 2 is 1.92 bits per heavy atom. The number of nitro benzene ring substituents is 1. The number of aromatic nitrogens is 4. The second-order valence-corrected chi connectivity index (χ2v) is 5.57. The molecule has 11 heteroatoms. The molecule has 0 aliphatic rings. The van der Waals surface area contributed by atoms with Gasteiger partial charge in [0.05, 0.1) is 11.3 Å². The molecule has 26 heavy (non-hydrogen) atoms. The summed E-state index contributed by atoms with van der Waals surface area (Å²) in [6.07, 6.45) is 1.27. The van der Waals surface area contributed by atoms with Crippen molar-refractivity contribution in [2.75, 3.05) is 5.32 Å². The molecule has 0 bridgehead atoms. The van der Waals surface area contributed by atoms with E-state index >= 15 is 0 Å². The first kappa shape index (κ1) is 17.1. The van der Waals surface area contributed by atoms with Crippen LogP contribution >= 0.6 is 0 Å². The van der Waals surface area contributed by atoms with Crippen LogP contribution in [0.3, 0.4) is 0 Å². The lowest BCUT2D eigenvalue weighted by atomic mass is 10.2. The van der Waals surface area contributed by atoms with Crippen LogP contribution in [-0.4, -0.2) is 29.5 Å². The van der Waals surface area contributed by atoms with E-state index in [4.69, 9.17) is 0 Å². The van der Waals surface area contributed by atoms with Crippen molar-refractivity contribution in [1.29, 1.82) is 0 Å². The number of rotatable bonds is 4. The minimum Gasteiger partial charge on any atom is -0.319 e. The Labute approximate surface area is 145 Å². The molecule has 2 aromatic heterocycles. The zero-order valence-electron chi connectivity index (χ0n) is 13.9. The Bertz CT molecular complexity index is 1160. The van der Waals surface area contributed by atoms with Gasteiger partial charge in [-0.1, -0.05) is 12.1 Å². The average molecular weight is 358 g/mol. The third-order valence-electron chi connectivity index (χ3n) is 3.91. The molecular weight excluding hydrogens is 344 g/mol. The number of anilines is 1. The highest BCUT2D eigenvalue weighted by molar-refractivity contribution is 5.93. The summed E-state index contributed by atoms with van der Waals surface area (Å²) in [5.41, 5.74) is -1.07. The molecule has 1 aromatic carbocycles. The van der Waals surface area contributed by atoms with E-state index in [1.54, 1.807) is 6.07 Å². The van der Waals surface area contributed by atoms with E-state index in [2.05, 4.69) is 10.3 Å². The van der Waals surface area contributed by atoms with E-state index < -0.39 is 22.1 Å². The predicted molar refractivity (Wildman–Crippen MR) is 91.9 cm³/mol. The van der Waals surface area contributed by atoms with Gasteiger partial charge in [0.2, 0.25) is 5.91 Å².